The van der Waals surface area contributed by atoms with E-state index in [2.05, 4.69) is 24.0 Å². The first kappa shape index (κ1) is 13.1. The summed E-state index contributed by atoms with van der Waals surface area (Å²) in [5, 5.41) is 3.90. The maximum absolute atomic E-state index is 5.96. The topological polar surface area (TPSA) is 74.2 Å². The summed E-state index contributed by atoms with van der Waals surface area (Å²) >= 11 is 0. The summed E-state index contributed by atoms with van der Waals surface area (Å²) in [6.45, 7) is 6.24. The minimum atomic E-state index is -0.185. The number of methoxy groups -OCH3 is 1. The third kappa shape index (κ3) is 3.28. The zero-order chi connectivity index (χ0) is 12.1. The molecule has 92 valence electrons. The van der Waals surface area contributed by atoms with E-state index in [9.17, 15) is 0 Å². The Kier molecular flexibility index (Phi) is 4.89. The average molecular weight is 227 g/mol. The maximum Gasteiger partial charge on any atom is 0.243 e. The van der Waals surface area contributed by atoms with Gasteiger partial charge in [-0.3, -0.25) is 0 Å². The highest BCUT2D eigenvalue weighted by molar-refractivity contribution is 4.95. The van der Waals surface area contributed by atoms with Crippen LogP contribution in [0.15, 0.2) is 4.52 Å². The molecule has 0 amide bonds. The van der Waals surface area contributed by atoms with Gasteiger partial charge in [0, 0.05) is 7.11 Å². The van der Waals surface area contributed by atoms with Crippen LogP contribution in [0.25, 0.3) is 0 Å². The Labute approximate surface area is 96.4 Å². The van der Waals surface area contributed by atoms with Crippen LogP contribution in [0.1, 0.15) is 57.5 Å². The van der Waals surface area contributed by atoms with Gasteiger partial charge in [0.15, 0.2) is 0 Å². The summed E-state index contributed by atoms with van der Waals surface area (Å²) in [7, 11) is 1.64. The van der Waals surface area contributed by atoms with Gasteiger partial charge in [0.2, 0.25) is 11.7 Å². The molecule has 2 atom stereocenters. The van der Waals surface area contributed by atoms with Crippen LogP contribution in [0.4, 0.5) is 0 Å². The van der Waals surface area contributed by atoms with Gasteiger partial charge in [-0.1, -0.05) is 25.9 Å². The van der Waals surface area contributed by atoms with E-state index < -0.39 is 0 Å². The Morgan fingerprint density at radius 3 is 2.62 bits per heavy atom. The maximum atomic E-state index is 5.96. The van der Waals surface area contributed by atoms with Crippen LogP contribution < -0.4 is 5.73 Å². The van der Waals surface area contributed by atoms with Crippen molar-refractivity contribution in [1.29, 1.82) is 0 Å². The number of aromatic nitrogens is 2. The van der Waals surface area contributed by atoms with Gasteiger partial charge < -0.3 is 15.0 Å². The molecule has 0 spiro atoms. The predicted molar refractivity (Wildman–Crippen MR) is 60.7 cm³/mol. The number of nitrogens with two attached hydrogens (primary N) is 1. The highest BCUT2D eigenvalue weighted by Crippen LogP contribution is 2.21. The van der Waals surface area contributed by atoms with Crippen LogP contribution in [0.2, 0.25) is 0 Å². The second-order valence-electron chi connectivity index (χ2n) is 4.36. The summed E-state index contributed by atoms with van der Waals surface area (Å²) in [5.41, 5.74) is 5.96. The Morgan fingerprint density at radius 2 is 2.12 bits per heavy atom. The smallest absolute Gasteiger partial charge is 0.243 e. The monoisotopic (exact) mass is 227 g/mol. The van der Waals surface area contributed by atoms with Gasteiger partial charge in [0.25, 0.3) is 0 Å². The van der Waals surface area contributed by atoms with Crippen molar-refractivity contribution in [3.63, 3.8) is 0 Å². The van der Waals surface area contributed by atoms with Crippen molar-refractivity contribution in [2.24, 2.45) is 11.7 Å². The van der Waals surface area contributed by atoms with E-state index in [0.717, 1.165) is 12.8 Å². The Hall–Kier alpha value is -0.940. The Bertz CT molecular complexity index is 308. The Morgan fingerprint density at radius 1 is 1.44 bits per heavy atom. The summed E-state index contributed by atoms with van der Waals surface area (Å²) < 4.78 is 10.4. The second-order valence-corrected chi connectivity index (χ2v) is 4.36. The van der Waals surface area contributed by atoms with E-state index in [-0.39, 0.29) is 12.1 Å². The van der Waals surface area contributed by atoms with Crippen molar-refractivity contribution in [2.45, 2.75) is 45.8 Å². The van der Waals surface area contributed by atoms with E-state index >= 15 is 0 Å². The van der Waals surface area contributed by atoms with Gasteiger partial charge in [-0.05, 0) is 18.8 Å². The third-order valence-corrected chi connectivity index (χ3v) is 2.44. The zero-order valence-corrected chi connectivity index (χ0v) is 10.4. The van der Waals surface area contributed by atoms with Crippen molar-refractivity contribution in [3.8, 4) is 0 Å². The fourth-order valence-electron chi connectivity index (χ4n) is 1.59. The molecule has 0 aliphatic rings. The molecule has 1 rings (SSSR count). The number of rotatable bonds is 6. The molecule has 5 heteroatoms. The molecular formula is C11H21N3O2. The molecule has 0 saturated carbocycles. The molecular weight excluding hydrogens is 206 g/mol. The van der Waals surface area contributed by atoms with E-state index in [0.29, 0.717) is 17.6 Å². The molecule has 0 bridgehead atoms. The lowest BCUT2D eigenvalue weighted by Gasteiger charge is -2.09. The lowest BCUT2D eigenvalue weighted by Crippen LogP contribution is -2.13. The van der Waals surface area contributed by atoms with Crippen molar-refractivity contribution < 1.29 is 9.26 Å². The van der Waals surface area contributed by atoms with Gasteiger partial charge in [-0.2, -0.15) is 4.98 Å². The van der Waals surface area contributed by atoms with E-state index in [4.69, 9.17) is 15.0 Å². The summed E-state index contributed by atoms with van der Waals surface area (Å²) in [6.07, 6.45) is 1.55. The van der Waals surface area contributed by atoms with Gasteiger partial charge >= 0.3 is 0 Å². The third-order valence-electron chi connectivity index (χ3n) is 2.44. The van der Waals surface area contributed by atoms with Crippen LogP contribution in [0.5, 0.6) is 0 Å². The normalized spacial score (nSPS) is 15.4. The fraction of sp³-hybridized carbons (Fsp3) is 0.818. The first-order valence-electron chi connectivity index (χ1n) is 5.70. The summed E-state index contributed by atoms with van der Waals surface area (Å²) in [5.74, 6) is 1.59. The number of hydrogen-bond acceptors (Lipinski definition) is 5. The molecule has 1 heterocycles. The summed E-state index contributed by atoms with van der Waals surface area (Å²) in [6, 6.07) is -0.185. The van der Waals surface area contributed by atoms with Crippen LogP contribution in [-0.2, 0) is 4.74 Å². The highest BCUT2D eigenvalue weighted by Gasteiger charge is 2.20. The molecule has 1 aromatic rings. The predicted octanol–water partition coefficient (Wildman–Crippen LogP) is 2.21. The molecule has 2 N–H and O–H groups in total. The first-order chi connectivity index (χ1) is 7.58. The molecule has 5 nitrogen and oxygen atoms in total. The van der Waals surface area contributed by atoms with Gasteiger partial charge in [0.05, 0.1) is 6.04 Å². The van der Waals surface area contributed by atoms with Crippen molar-refractivity contribution in [2.75, 3.05) is 7.11 Å². The molecule has 0 radical (unpaired) electrons. The summed E-state index contributed by atoms with van der Waals surface area (Å²) in [4.78, 5) is 4.28. The van der Waals surface area contributed by atoms with E-state index in [1.54, 1.807) is 7.11 Å². The van der Waals surface area contributed by atoms with Gasteiger partial charge in [0.1, 0.15) is 6.10 Å². The lowest BCUT2D eigenvalue weighted by molar-refractivity contribution is 0.0903. The van der Waals surface area contributed by atoms with Crippen LogP contribution in [-0.4, -0.2) is 17.3 Å². The van der Waals surface area contributed by atoms with Crippen molar-refractivity contribution >= 4 is 0 Å². The minimum Gasteiger partial charge on any atom is -0.373 e. The quantitative estimate of drug-likeness (QED) is 0.806. The van der Waals surface area contributed by atoms with Crippen LogP contribution in [0, 0.1) is 5.92 Å². The minimum absolute atomic E-state index is 0.108. The standard InChI is InChI=1S/C11H21N3O2/c1-5-9(15-4)10-13-11(16-14-10)8(12)6-7(2)3/h7-9H,5-6,12H2,1-4H3. The SMILES string of the molecule is CCC(OC)c1noc(C(N)CC(C)C)n1. The largest absolute Gasteiger partial charge is 0.373 e. The highest BCUT2D eigenvalue weighted by atomic mass is 16.5. The first-order valence-corrected chi connectivity index (χ1v) is 5.70. The van der Waals surface area contributed by atoms with Crippen molar-refractivity contribution in [1.82, 2.24) is 10.1 Å². The molecule has 0 aromatic carbocycles. The molecule has 0 fully saturated rings. The van der Waals surface area contributed by atoms with E-state index in [1.165, 1.54) is 0 Å². The number of nitrogens with zero attached hydrogens (tertiary/aromatic N) is 2. The molecule has 0 aliphatic heterocycles. The van der Waals surface area contributed by atoms with Gasteiger partial charge in [-0.25, -0.2) is 0 Å². The van der Waals surface area contributed by atoms with Crippen molar-refractivity contribution in [3.05, 3.63) is 11.7 Å². The van der Waals surface area contributed by atoms with Gasteiger partial charge in [-0.15, -0.1) is 0 Å². The molecule has 0 aliphatic carbocycles. The number of hydrogen-bond donors (Lipinski definition) is 1. The van der Waals surface area contributed by atoms with E-state index in [1.807, 2.05) is 6.92 Å². The molecule has 0 saturated heterocycles. The average Bonchev–Trinajstić information content (AvgIpc) is 2.68. The second kappa shape index (κ2) is 5.96. The Balaban J connectivity index is 2.70. The lowest BCUT2D eigenvalue weighted by atomic mass is 10.0. The molecule has 1 aromatic heterocycles. The number of ether oxygens (including phenoxy) is 1. The zero-order valence-electron chi connectivity index (χ0n) is 10.4. The molecule has 16 heavy (non-hydrogen) atoms. The fourth-order valence-corrected chi connectivity index (χ4v) is 1.59. The van der Waals surface area contributed by atoms with Crippen LogP contribution >= 0.6 is 0 Å². The molecule has 2 unspecified atom stereocenters. The van der Waals surface area contributed by atoms with Crippen LogP contribution in [0.3, 0.4) is 0 Å².